The predicted octanol–water partition coefficient (Wildman–Crippen LogP) is 1.65. The highest BCUT2D eigenvalue weighted by molar-refractivity contribution is 7.13. The van der Waals surface area contributed by atoms with Crippen molar-refractivity contribution in [2.24, 2.45) is 0 Å². The zero-order valence-electron chi connectivity index (χ0n) is 11.6. The summed E-state index contributed by atoms with van der Waals surface area (Å²) >= 11 is 0.616. The van der Waals surface area contributed by atoms with Crippen molar-refractivity contribution in [3.05, 3.63) is 15.6 Å². The van der Waals surface area contributed by atoms with Gasteiger partial charge >= 0.3 is 12.1 Å². The van der Waals surface area contributed by atoms with Crippen molar-refractivity contribution in [1.82, 2.24) is 14.8 Å². The smallest absolute Gasteiger partial charge is 0.435 e. The maximum Gasteiger partial charge on any atom is 0.435 e. The summed E-state index contributed by atoms with van der Waals surface area (Å²) in [6.07, 6.45) is -4.42. The number of hydrogen-bond donors (Lipinski definition) is 1. The molecule has 0 radical (unpaired) electrons. The van der Waals surface area contributed by atoms with Crippen LogP contribution in [0.3, 0.4) is 0 Å². The number of aromatic carboxylic acids is 1. The highest BCUT2D eigenvalue weighted by atomic mass is 32.1. The molecule has 1 aliphatic rings. The summed E-state index contributed by atoms with van der Waals surface area (Å²) in [5.74, 6) is -1.58. The van der Waals surface area contributed by atoms with Gasteiger partial charge in [0.15, 0.2) is 5.69 Å². The molecule has 1 saturated heterocycles. The first-order valence-corrected chi connectivity index (χ1v) is 7.19. The zero-order valence-corrected chi connectivity index (χ0v) is 12.5. The Hall–Kier alpha value is -1.19. The number of nitrogens with zero attached hydrogens (tertiary/aromatic N) is 3. The molecule has 118 valence electrons. The number of rotatable bonds is 3. The second kappa shape index (κ2) is 5.90. The van der Waals surface area contributed by atoms with Crippen LogP contribution in [0.25, 0.3) is 0 Å². The number of carboxylic acids is 1. The Morgan fingerprint density at radius 3 is 2.62 bits per heavy atom. The minimum atomic E-state index is -4.74. The number of piperazine rings is 1. The minimum Gasteiger partial charge on any atom is -0.477 e. The normalized spacial score (nSPS) is 21.7. The summed E-state index contributed by atoms with van der Waals surface area (Å²) in [4.78, 5) is 17.9. The van der Waals surface area contributed by atoms with Gasteiger partial charge in [-0.15, -0.1) is 11.3 Å². The van der Waals surface area contributed by atoms with Crippen molar-refractivity contribution in [2.75, 3.05) is 33.7 Å². The lowest BCUT2D eigenvalue weighted by atomic mass is 10.1. The average Bonchev–Trinajstić information content (AvgIpc) is 2.78. The summed E-state index contributed by atoms with van der Waals surface area (Å²) in [6.45, 7) is 2.45. The maximum absolute atomic E-state index is 12.8. The SMILES string of the molecule is CN1CCN(C)C(Cc2nc(C(F)(F)F)c(C(=O)O)s2)C1. The van der Waals surface area contributed by atoms with Crippen molar-refractivity contribution >= 4 is 17.3 Å². The van der Waals surface area contributed by atoms with E-state index in [4.69, 9.17) is 5.11 Å². The van der Waals surface area contributed by atoms with Crippen LogP contribution in [-0.2, 0) is 12.6 Å². The molecule has 0 aromatic carbocycles. The van der Waals surface area contributed by atoms with E-state index in [9.17, 15) is 18.0 Å². The number of thiazole rings is 1. The molecular weight excluding hydrogens is 307 g/mol. The van der Waals surface area contributed by atoms with Gasteiger partial charge in [0.25, 0.3) is 0 Å². The van der Waals surface area contributed by atoms with Gasteiger partial charge in [0.1, 0.15) is 4.88 Å². The molecule has 21 heavy (non-hydrogen) atoms. The second-order valence-electron chi connectivity index (χ2n) is 5.19. The fraction of sp³-hybridized carbons (Fsp3) is 0.667. The van der Waals surface area contributed by atoms with Crippen LogP contribution < -0.4 is 0 Å². The lowest BCUT2D eigenvalue weighted by Crippen LogP contribution is -2.50. The Balaban J connectivity index is 2.23. The summed E-state index contributed by atoms with van der Waals surface area (Å²) in [5, 5.41) is 9.11. The maximum atomic E-state index is 12.8. The molecule has 1 aromatic heterocycles. The van der Waals surface area contributed by atoms with Gasteiger partial charge in [0.05, 0.1) is 5.01 Å². The Morgan fingerprint density at radius 2 is 2.10 bits per heavy atom. The van der Waals surface area contributed by atoms with Gasteiger partial charge in [-0.25, -0.2) is 9.78 Å². The Morgan fingerprint density at radius 1 is 1.43 bits per heavy atom. The zero-order chi connectivity index (χ0) is 15.8. The van der Waals surface area contributed by atoms with Crippen molar-refractivity contribution in [2.45, 2.75) is 18.6 Å². The Bertz CT molecular complexity index is 532. The molecule has 0 spiro atoms. The molecule has 1 aromatic rings. The highest BCUT2D eigenvalue weighted by Gasteiger charge is 2.40. The minimum absolute atomic E-state index is 0.0395. The molecule has 2 heterocycles. The van der Waals surface area contributed by atoms with Crippen LogP contribution in [0.4, 0.5) is 13.2 Å². The van der Waals surface area contributed by atoms with E-state index in [2.05, 4.69) is 14.8 Å². The van der Waals surface area contributed by atoms with Crippen LogP contribution >= 0.6 is 11.3 Å². The van der Waals surface area contributed by atoms with Crippen LogP contribution in [0.1, 0.15) is 20.4 Å². The fourth-order valence-corrected chi connectivity index (χ4v) is 3.31. The fourth-order valence-electron chi connectivity index (χ4n) is 2.31. The molecule has 1 aliphatic heterocycles. The van der Waals surface area contributed by atoms with Crippen LogP contribution in [0.15, 0.2) is 0 Å². The molecule has 1 fully saturated rings. The van der Waals surface area contributed by atoms with Crippen molar-refractivity contribution in [3.63, 3.8) is 0 Å². The summed E-state index contributed by atoms with van der Waals surface area (Å²) < 4.78 is 38.4. The largest absolute Gasteiger partial charge is 0.477 e. The van der Waals surface area contributed by atoms with E-state index < -0.39 is 22.7 Å². The number of likely N-dealkylation sites (N-methyl/N-ethyl adjacent to an activating group) is 2. The molecule has 1 atom stereocenters. The number of aromatic nitrogens is 1. The Labute approximate surface area is 124 Å². The van der Waals surface area contributed by atoms with Gasteiger partial charge < -0.3 is 14.9 Å². The molecule has 0 aliphatic carbocycles. The van der Waals surface area contributed by atoms with Gasteiger partial charge in [-0.2, -0.15) is 13.2 Å². The lowest BCUT2D eigenvalue weighted by Gasteiger charge is -2.37. The number of carbonyl (C=O) groups is 1. The molecule has 5 nitrogen and oxygen atoms in total. The molecule has 0 amide bonds. The van der Waals surface area contributed by atoms with Crippen LogP contribution in [0.2, 0.25) is 0 Å². The van der Waals surface area contributed by atoms with Gasteiger partial charge in [-0.3, -0.25) is 0 Å². The summed E-state index contributed by atoms with van der Waals surface area (Å²) in [7, 11) is 3.86. The summed E-state index contributed by atoms with van der Waals surface area (Å²) in [5.41, 5.74) is -1.29. The third-order valence-corrected chi connectivity index (χ3v) is 4.59. The number of halogens is 3. The molecule has 1 unspecified atom stereocenters. The van der Waals surface area contributed by atoms with E-state index in [1.165, 1.54) is 0 Å². The number of carboxylic acid groups (broad SMARTS) is 1. The molecule has 1 N–H and O–H groups in total. The first-order chi connectivity index (χ1) is 9.68. The third kappa shape index (κ3) is 3.72. The predicted molar refractivity (Wildman–Crippen MR) is 71.7 cm³/mol. The molecule has 0 bridgehead atoms. The molecule has 2 rings (SSSR count). The van der Waals surface area contributed by atoms with Crippen molar-refractivity contribution < 1.29 is 23.1 Å². The van der Waals surface area contributed by atoms with Gasteiger partial charge in [0.2, 0.25) is 0 Å². The van der Waals surface area contributed by atoms with Crippen molar-refractivity contribution in [3.8, 4) is 0 Å². The van der Waals surface area contributed by atoms with E-state index in [0.717, 1.165) is 19.6 Å². The van der Waals surface area contributed by atoms with E-state index in [0.29, 0.717) is 17.8 Å². The standard InChI is InChI=1S/C12H16F3N3O2S/c1-17-3-4-18(2)7(6-17)5-8-16-10(12(13,14)15)9(21-8)11(19)20/h7H,3-6H2,1-2H3,(H,19,20). The van der Waals surface area contributed by atoms with Crippen molar-refractivity contribution in [1.29, 1.82) is 0 Å². The monoisotopic (exact) mass is 323 g/mol. The summed E-state index contributed by atoms with van der Waals surface area (Å²) in [6, 6.07) is 0.0395. The first kappa shape index (κ1) is 16.2. The van der Waals surface area contributed by atoms with Crippen LogP contribution in [-0.4, -0.2) is 65.6 Å². The highest BCUT2D eigenvalue weighted by Crippen LogP contribution is 2.35. The Kier molecular flexibility index (Phi) is 4.54. The first-order valence-electron chi connectivity index (χ1n) is 6.37. The van der Waals surface area contributed by atoms with Crippen LogP contribution in [0, 0.1) is 0 Å². The topological polar surface area (TPSA) is 56.7 Å². The molecule has 0 saturated carbocycles. The molecular formula is C12H16F3N3O2S. The second-order valence-corrected chi connectivity index (χ2v) is 6.27. The lowest BCUT2D eigenvalue weighted by molar-refractivity contribution is -0.141. The van der Waals surface area contributed by atoms with Gasteiger partial charge in [0, 0.05) is 32.1 Å². The van der Waals surface area contributed by atoms with Gasteiger partial charge in [-0.05, 0) is 14.1 Å². The molecule has 9 heteroatoms. The third-order valence-electron chi connectivity index (χ3n) is 3.52. The van der Waals surface area contributed by atoms with Gasteiger partial charge in [-0.1, -0.05) is 0 Å². The van der Waals surface area contributed by atoms with Crippen LogP contribution in [0.5, 0.6) is 0 Å². The van der Waals surface area contributed by atoms with E-state index in [1.807, 2.05) is 14.1 Å². The average molecular weight is 323 g/mol. The number of alkyl halides is 3. The van der Waals surface area contributed by atoms with E-state index in [-0.39, 0.29) is 11.0 Å². The quantitative estimate of drug-likeness (QED) is 0.917. The van der Waals surface area contributed by atoms with E-state index >= 15 is 0 Å². The number of hydrogen-bond acceptors (Lipinski definition) is 5. The van der Waals surface area contributed by atoms with E-state index in [1.54, 1.807) is 0 Å².